The highest BCUT2D eigenvalue weighted by molar-refractivity contribution is 7.90. The van der Waals surface area contributed by atoms with Crippen LogP contribution in [0.25, 0.3) is 11.0 Å². The molecule has 0 radical (unpaired) electrons. The molecule has 2 heterocycles. The van der Waals surface area contributed by atoms with E-state index >= 15 is 4.39 Å². The highest BCUT2D eigenvalue weighted by Crippen LogP contribution is 2.28. The van der Waals surface area contributed by atoms with Crippen molar-refractivity contribution in [2.24, 2.45) is 5.14 Å². The van der Waals surface area contributed by atoms with Crippen molar-refractivity contribution in [2.75, 3.05) is 10.8 Å². The number of carbonyl (C=O) groups excluding carboxylic acids is 1. The number of nitrogens with two attached hydrogens (primary N) is 1. The van der Waals surface area contributed by atoms with Crippen LogP contribution in [0.1, 0.15) is 34.8 Å². The van der Waals surface area contributed by atoms with Gasteiger partial charge in [0.15, 0.2) is 11.6 Å². The Labute approximate surface area is 156 Å². The van der Waals surface area contributed by atoms with E-state index < -0.39 is 21.8 Å². The van der Waals surface area contributed by atoms with E-state index in [4.69, 9.17) is 5.14 Å². The number of H-pyrrole nitrogens is 1. The fourth-order valence-electron chi connectivity index (χ4n) is 2.92. The Morgan fingerprint density at radius 1 is 1.33 bits per heavy atom. The van der Waals surface area contributed by atoms with Crippen molar-refractivity contribution >= 4 is 32.7 Å². The average molecular weight is 390 g/mol. The molecule has 0 saturated heterocycles. The smallest absolute Gasteiger partial charge is 0.299 e. The van der Waals surface area contributed by atoms with E-state index in [1.165, 1.54) is 24.4 Å². The van der Waals surface area contributed by atoms with Crippen molar-refractivity contribution in [1.82, 2.24) is 9.97 Å². The van der Waals surface area contributed by atoms with E-state index in [2.05, 4.69) is 9.97 Å². The van der Waals surface area contributed by atoms with Gasteiger partial charge in [-0.25, -0.2) is 14.5 Å². The lowest BCUT2D eigenvalue weighted by Gasteiger charge is -2.22. The van der Waals surface area contributed by atoms with Crippen LogP contribution in [-0.2, 0) is 10.2 Å². The van der Waals surface area contributed by atoms with Gasteiger partial charge in [-0.1, -0.05) is 13.0 Å². The summed E-state index contributed by atoms with van der Waals surface area (Å²) in [6, 6.07) is 5.81. The lowest BCUT2D eigenvalue weighted by molar-refractivity contribution is 0.103. The first kappa shape index (κ1) is 19.0. The zero-order valence-electron chi connectivity index (χ0n) is 14.9. The minimum atomic E-state index is -4.17. The monoisotopic (exact) mass is 390 g/mol. The Morgan fingerprint density at radius 3 is 2.74 bits per heavy atom. The number of anilines is 1. The summed E-state index contributed by atoms with van der Waals surface area (Å²) in [5.41, 5.74) is 1.14. The maximum Gasteiger partial charge on any atom is 0.299 e. The summed E-state index contributed by atoms with van der Waals surface area (Å²) >= 11 is 0. The summed E-state index contributed by atoms with van der Waals surface area (Å²) in [5.74, 6) is -1.50. The molecule has 142 valence electrons. The van der Waals surface area contributed by atoms with Gasteiger partial charge in [-0.2, -0.15) is 8.42 Å². The zero-order chi connectivity index (χ0) is 19.8. The third-order valence-electron chi connectivity index (χ3n) is 4.14. The van der Waals surface area contributed by atoms with Gasteiger partial charge in [0.2, 0.25) is 0 Å². The summed E-state index contributed by atoms with van der Waals surface area (Å²) in [4.78, 5) is 20.0. The average Bonchev–Trinajstić information content (AvgIpc) is 3.01. The molecule has 0 aliphatic rings. The van der Waals surface area contributed by atoms with Gasteiger partial charge >= 0.3 is 0 Å². The predicted octanol–water partition coefficient (Wildman–Crippen LogP) is 2.66. The number of ketones is 1. The summed E-state index contributed by atoms with van der Waals surface area (Å²) in [5, 5.41) is 5.78. The standard InChI is InChI=1S/C18H19FN4O3S/c1-3-7-23(27(20,25)26)15-6-4-5-12(16(15)19)17(24)14-10-22-18-13(14)8-11(2)9-21-18/h4-6,8-10H,3,7H2,1-2H3,(H,21,22)(H2,20,25,26). The molecule has 0 bridgehead atoms. The van der Waals surface area contributed by atoms with Crippen LogP contribution in [0.3, 0.4) is 0 Å². The second-order valence-electron chi connectivity index (χ2n) is 6.20. The topological polar surface area (TPSA) is 109 Å². The SMILES string of the molecule is CCCN(c1cccc(C(=O)c2c[nH]c3ncc(C)cc23)c1F)S(N)(=O)=O. The third kappa shape index (κ3) is 3.56. The first-order valence-corrected chi connectivity index (χ1v) is 9.81. The van der Waals surface area contributed by atoms with Gasteiger partial charge in [0.05, 0.1) is 11.3 Å². The van der Waals surface area contributed by atoms with Crippen LogP contribution in [0.2, 0.25) is 0 Å². The third-order valence-corrected chi connectivity index (χ3v) is 5.13. The molecule has 0 spiro atoms. The number of hydrogen-bond acceptors (Lipinski definition) is 4. The van der Waals surface area contributed by atoms with E-state index in [1.54, 1.807) is 19.2 Å². The number of nitrogens with zero attached hydrogens (tertiary/aromatic N) is 2. The van der Waals surface area contributed by atoms with Gasteiger partial charge in [-0.15, -0.1) is 0 Å². The van der Waals surface area contributed by atoms with Crippen LogP contribution in [0.15, 0.2) is 36.7 Å². The predicted molar refractivity (Wildman–Crippen MR) is 101 cm³/mol. The normalized spacial score (nSPS) is 11.7. The van der Waals surface area contributed by atoms with Gasteiger partial charge < -0.3 is 4.98 Å². The number of fused-ring (bicyclic) bond motifs is 1. The molecule has 0 aliphatic heterocycles. The van der Waals surface area contributed by atoms with Crippen molar-refractivity contribution in [3.63, 3.8) is 0 Å². The Kier molecular flexibility index (Phi) is 4.99. The quantitative estimate of drug-likeness (QED) is 0.631. The first-order chi connectivity index (χ1) is 12.7. The van der Waals surface area contributed by atoms with E-state index in [1.807, 2.05) is 6.92 Å². The zero-order valence-corrected chi connectivity index (χ0v) is 15.7. The molecule has 9 heteroatoms. The lowest BCUT2D eigenvalue weighted by Crippen LogP contribution is -2.38. The molecule has 3 rings (SSSR count). The molecule has 2 aromatic heterocycles. The molecule has 27 heavy (non-hydrogen) atoms. The summed E-state index contributed by atoms with van der Waals surface area (Å²) in [6.07, 6.45) is 3.56. The molecular weight excluding hydrogens is 371 g/mol. The number of pyridine rings is 1. The van der Waals surface area contributed by atoms with E-state index in [9.17, 15) is 13.2 Å². The van der Waals surface area contributed by atoms with Gasteiger partial charge in [-0.05, 0) is 37.1 Å². The number of aryl methyl sites for hydroxylation is 1. The molecule has 0 fully saturated rings. The molecule has 0 atom stereocenters. The van der Waals surface area contributed by atoms with E-state index in [0.717, 1.165) is 9.87 Å². The fourth-order valence-corrected chi connectivity index (χ4v) is 3.77. The van der Waals surface area contributed by atoms with Crippen molar-refractivity contribution in [3.8, 4) is 0 Å². The maximum atomic E-state index is 15.1. The van der Waals surface area contributed by atoms with E-state index in [-0.39, 0.29) is 23.4 Å². The van der Waals surface area contributed by atoms with Crippen molar-refractivity contribution in [2.45, 2.75) is 20.3 Å². The van der Waals surface area contributed by atoms with Crippen LogP contribution in [0.4, 0.5) is 10.1 Å². The van der Waals surface area contributed by atoms with Crippen LogP contribution >= 0.6 is 0 Å². The fraction of sp³-hybridized carbons (Fsp3) is 0.222. The first-order valence-electron chi connectivity index (χ1n) is 8.31. The summed E-state index contributed by atoms with van der Waals surface area (Å²) < 4.78 is 39.5. The van der Waals surface area contributed by atoms with Crippen LogP contribution < -0.4 is 9.44 Å². The summed E-state index contributed by atoms with van der Waals surface area (Å²) in [6.45, 7) is 3.58. The second-order valence-corrected chi connectivity index (χ2v) is 7.67. The largest absolute Gasteiger partial charge is 0.345 e. The van der Waals surface area contributed by atoms with Gasteiger partial charge in [-0.3, -0.25) is 9.10 Å². The molecule has 0 aliphatic carbocycles. The number of benzene rings is 1. The van der Waals surface area contributed by atoms with Crippen LogP contribution in [0, 0.1) is 12.7 Å². The highest BCUT2D eigenvalue weighted by Gasteiger charge is 2.25. The number of nitrogens with one attached hydrogen (secondary N) is 1. The molecule has 7 nitrogen and oxygen atoms in total. The van der Waals surface area contributed by atoms with Crippen molar-refractivity contribution in [3.05, 3.63) is 59.2 Å². The van der Waals surface area contributed by atoms with Gasteiger partial charge in [0, 0.05) is 29.9 Å². The Bertz CT molecular complexity index is 1120. The highest BCUT2D eigenvalue weighted by atomic mass is 32.2. The number of hydrogen-bond donors (Lipinski definition) is 2. The molecule has 1 aromatic carbocycles. The molecule has 0 saturated carbocycles. The molecule has 0 amide bonds. The second kappa shape index (κ2) is 7.09. The molecule has 3 aromatic rings. The number of aromatic nitrogens is 2. The van der Waals surface area contributed by atoms with Crippen molar-refractivity contribution < 1.29 is 17.6 Å². The molecular formula is C18H19FN4O3S. The Hall–Kier alpha value is -2.78. The molecule has 3 N–H and O–H groups in total. The Morgan fingerprint density at radius 2 is 2.07 bits per heavy atom. The van der Waals surface area contributed by atoms with Crippen molar-refractivity contribution in [1.29, 1.82) is 0 Å². The minimum absolute atomic E-state index is 0.00357. The van der Waals surface area contributed by atoms with Gasteiger partial charge in [0.25, 0.3) is 10.2 Å². The van der Waals surface area contributed by atoms with Crippen LogP contribution in [-0.4, -0.2) is 30.7 Å². The number of aromatic amines is 1. The number of halogens is 1. The van der Waals surface area contributed by atoms with E-state index in [0.29, 0.717) is 17.5 Å². The summed E-state index contributed by atoms with van der Waals surface area (Å²) in [7, 11) is -4.17. The maximum absolute atomic E-state index is 15.1. The van der Waals surface area contributed by atoms with Crippen LogP contribution in [0.5, 0.6) is 0 Å². The lowest BCUT2D eigenvalue weighted by atomic mass is 10.0. The molecule has 0 unspecified atom stereocenters. The Balaban J connectivity index is 2.12. The minimum Gasteiger partial charge on any atom is -0.345 e. The van der Waals surface area contributed by atoms with Gasteiger partial charge in [0.1, 0.15) is 5.65 Å². The number of carbonyl (C=O) groups is 1. The number of rotatable bonds is 6.